The third-order valence-corrected chi connectivity index (χ3v) is 4.07. The fourth-order valence-corrected chi connectivity index (χ4v) is 2.56. The van der Waals surface area contributed by atoms with Crippen LogP contribution in [0.5, 0.6) is 0 Å². The number of carbonyl (C=O) groups is 1. The Kier molecular flexibility index (Phi) is 4.63. The maximum atomic E-state index is 12.3. The van der Waals surface area contributed by atoms with Gasteiger partial charge < -0.3 is 4.74 Å². The van der Waals surface area contributed by atoms with Gasteiger partial charge in [0.1, 0.15) is 5.54 Å². The first-order chi connectivity index (χ1) is 10.0. The number of rotatable bonds is 5. The van der Waals surface area contributed by atoms with Gasteiger partial charge in [0.05, 0.1) is 7.11 Å². The van der Waals surface area contributed by atoms with E-state index in [1.54, 1.807) is 0 Å². The number of hydrogen-bond acceptors (Lipinski definition) is 3. The molecular weight excluding hydrogens is 262 g/mol. The zero-order valence-corrected chi connectivity index (χ0v) is 13.1. The maximum absolute atomic E-state index is 12.3. The first-order valence-electron chi connectivity index (χ1n) is 7.36. The van der Waals surface area contributed by atoms with Crippen molar-refractivity contribution in [1.29, 1.82) is 0 Å². The van der Waals surface area contributed by atoms with Crippen LogP contribution in [0.4, 0.5) is 0 Å². The number of nitrogens with one attached hydrogen (secondary N) is 1. The number of methoxy groups -OCH3 is 1. The minimum absolute atomic E-state index is 0.223. The van der Waals surface area contributed by atoms with E-state index in [0.717, 1.165) is 22.8 Å². The molecule has 21 heavy (non-hydrogen) atoms. The molecule has 0 radical (unpaired) electrons. The van der Waals surface area contributed by atoms with E-state index < -0.39 is 5.54 Å². The van der Waals surface area contributed by atoms with Gasteiger partial charge in [-0.05, 0) is 42.7 Å². The molecule has 0 fully saturated rings. The zero-order valence-electron chi connectivity index (χ0n) is 13.1. The topological polar surface area (TPSA) is 38.3 Å². The Balaban J connectivity index is 2.49. The molecule has 0 saturated carbocycles. The summed E-state index contributed by atoms with van der Waals surface area (Å²) in [5.74, 6) is -0.266. The Bertz CT molecular complexity index is 638. The molecule has 0 aliphatic rings. The Morgan fingerprint density at radius 3 is 2.52 bits per heavy atom. The molecule has 2 aromatic rings. The summed E-state index contributed by atoms with van der Waals surface area (Å²) < 4.78 is 5.03. The fourth-order valence-electron chi connectivity index (χ4n) is 2.56. The standard InChI is InChI=1S/C18H23NO2/c1-5-13(2)19-18(3,17(20)21-4)16-11-10-14-8-6-7-9-15(14)12-16/h6-13,19H,5H2,1-4H3. The van der Waals surface area contributed by atoms with Gasteiger partial charge in [0.25, 0.3) is 0 Å². The quantitative estimate of drug-likeness (QED) is 0.853. The summed E-state index contributed by atoms with van der Waals surface area (Å²) >= 11 is 0. The first kappa shape index (κ1) is 15.5. The van der Waals surface area contributed by atoms with Crippen LogP contribution in [-0.4, -0.2) is 19.1 Å². The summed E-state index contributed by atoms with van der Waals surface area (Å²) in [4.78, 5) is 12.3. The van der Waals surface area contributed by atoms with Crippen LogP contribution >= 0.6 is 0 Å². The molecule has 0 aromatic heterocycles. The molecule has 2 aromatic carbocycles. The molecule has 2 rings (SSSR count). The van der Waals surface area contributed by atoms with Gasteiger partial charge >= 0.3 is 5.97 Å². The summed E-state index contributed by atoms with van der Waals surface area (Å²) in [5, 5.41) is 5.69. The third kappa shape index (κ3) is 3.08. The lowest BCUT2D eigenvalue weighted by Crippen LogP contribution is -2.50. The summed E-state index contributed by atoms with van der Waals surface area (Å²) in [5.41, 5.74) is 0.0853. The van der Waals surface area contributed by atoms with Crippen LogP contribution < -0.4 is 5.32 Å². The number of fused-ring (bicyclic) bond motifs is 1. The van der Waals surface area contributed by atoms with Crippen LogP contribution in [0.15, 0.2) is 42.5 Å². The van der Waals surface area contributed by atoms with Gasteiger partial charge in [-0.25, -0.2) is 4.79 Å². The van der Waals surface area contributed by atoms with E-state index >= 15 is 0 Å². The lowest BCUT2D eigenvalue weighted by atomic mass is 9.89. The summed E-state index contributed by atoms with van der Waals surface area (Å²) in [6.07, 6.45) is 0.945. The molecule has 0 aliphatic carbocycles. The molecule has 2 unspecified atom stereocenters. The zero-order chi connectivity index (χ0) is 15.5. The van der Waals surface area contributed by atoms with Gasteiger partial charge in [0, 0.05) is 6.04 Å². The van der Waals surface area contributed by atoms with Crippen molar-refractivity contribution in [3.8, 4) is 0 Å². The number of benzene rings is 2. The van der Waals surface area contributed by atoms with Crippen molar-refractivity contribution in [1.82, 2.24) is 5.32 Å². The van der Waals surface area contributed by atoms with E-state index in [4.69, 9.17) is 4.74 Å². The maximum Gasteiger partial charge on any atom is 0.330 e. The van der Waals surface area contributed by atoms with Crippen molar-refractivity contribution in [3.63, 3.8) is 0 Å². The van der Waals surface area contributed by atoms with E-state index in [0.29, 0.717) is 0 Å². The van der Waals surface area contributed by atoms with E-state index in [-0.39, 0.29) is 12.0 Å². The molecule has 0 spiro atoms. The van der Waals surface area contributed by atoms with Crippen LogP contribution in [0.1, 0.15) is 32.8 Å². The number of ether oxygens (including phenoxy) is 1. The van der Waals surface area contributed by atoms with Gasteiger partial charge in [-0.1, -0.05) is 43.3 Å². The molecule has 2 atom stereocenters. The van der Waals surface area contributed by atoms with E-state index in [1.165, 1.54) is 7.11 Å². The van der Waals surface area contributed by atoms with Crippen molar-refractivity contribution in [2.75, 3.05) is 7.11 Å². The molecule has 0 amide bonds. The minimum atomic E-state index is -0.839. The third-order valence-electron chi connectivity index (χ3n) is 4.07. The Hall–Kier alpha value is -1.87. The highest BCUT2D eigenvalue weighted by Gasteiger charge is 2.37. The highest BCUT2D eigenvalue weighted by molar-refractivity contribution is 5.87. The van der Waals surface area contributed by atoms with E-state index in [1.807, 2.05) is 31.2 Å². The largest absolute Gasteiger partial charge is 0.467 e. The Labute approximate surface area is 126 Å². The van der Waals surface area contributed by atoms with Crippen molar-refractivity contribution in [2.45, 2.75) is 38.8 Å². The molecule has 0 aliphatic heterocycles. The van der Waals surface area contributed by atoms with Gasteiger partial charge in [0.15, 0.2) is 0 Å². The van der Waals surface area contributed by atoms with Crippen LogP contribution in [0, 0.1) is 0 Å². The number of esters is 1. The highest BCUT2D eigenvalue weighted by Crippen LogP contribution is 2.27. The smallest absolute Gasteiger partial charge is 0.330 e. The lowest BCUT2D eigenvalue weighted by Gasteiger charge is -2.31. The van der Waals surface area contributed by atoms with Crippen molar-refractivity contribution < 1.29 is 9.53 Å². The SMILES string of the molecule is CCC(C)NC(C)(C(=O)OC)c1ccc2ccccc2c1. The summed E-state index contributed by atoms with van der Waals surface area (Å²) in [6, 6.07) is 14.5. The molecule has 0 saturated heterocycles. The highest BCUT2D eigenvalue weighted by atomic mass is 16.5. The van der Waals surface area contributed by atoms with Gasteiger partial charge in [-0.3, -0.25) is 5.32 Å². The van der Waals surface area contributed by atoms with Crippen molar-refractivity contribution in [2.24, 2.45) is 0 Å². The van der Waals surface area contributed by atoms with Gasteiger partial charge in [0.2, 0.25) is 0 Å². The Morgan fingerprint density at radius 1 is 1.24 bits per heavy atom. The first-order valence-corrected chi connectivity index (χ1v) is 7.36. The second kappa shape index (κ2) is 6.27. The molecule has 1 N–H and O–H groups in total. The predicted molar refractivity (Wildman–Crippen MR) is 86.2 cm³/mol. The second-order valence-electron chi connectivity index (χ2n) is 5.63. The van der Waals surface area contributed by atoms with Crippen molar-refractivity contribution >= 4 is 16.7 Å². The second-order valence-corrected chi connectivity index (χ2v) is 5.63. The van der Waals surface area contributed by atoms with Crippen LogP contribution in [-0.2, 0) is 15.1 Å². The molecule has 3 heteroatoms. The van der Waals surface area contributed by atoms with Crippen LogP contribution in [0.25, 0.3) is 10.8 Å². The predicted octanol–water partition coefficient (Wildman–Crippen LogP) is 3.62. The number of hydrogen-bond donors (Lipinski definition) is 1. The molecular formula is C18H23NO2. The molecule has 3 nitrogen and oxygen atoms in total. The van der Waals surface area contributed by atoms with Crippen LogP contribution in [0.2, 0.25) is 0 Å². The van der Waals surface area contributed by atoms with Crippen LogP contribution in [0.3, 0.4) is 0 Å². The Morgan fingerprint density at radius 2 is 1.90 bits per heavy atom. The van der Waals surface area contributed by atoms with E-state index in [2.05, 4.69) is 37.4 Å². The molecule has 0 heterocycles. The monoisotopic (exact) mass is 285 g/mol. The summed E-state index contributed by atoms with van der Waals surface area (Å²) in [6.45, 7) is 6.05. The normalized spacial score (nSPS) is 15.4. The lowest BCUT2D eigenvalue weighted by molar-refractivity contribution is -0.148. The summed E-state index contributed by atoms with van der Waals surface area (Å²) in [7, 11) is 1.43. The number of carbonyl (C=O) groups excluding carboxylic acids is 1. The average Bonchev–Trinajstić information content (AvgIpc) is 2.53. The fraction of sp³-hybridized carbons (Fsp3) is 0.389. The minimum Gasteiger partial charge on any atom is -0.467 e. The average molecular weight is 285 g/mol. The van der Waals surface area contributed by atoms with E-state index in [9.17, 15) is 4.79 Å². The molecule has 112 valence electrons. The molecule has 0 bridgehead atoms. The van der Waals surface area contributed by atoms with Gasteiger partial charge in [-0.15, -0.1) is 0 Å². The van der Waals surface area contributed by atoms with Gasteiger partial charge in [-0.2, -0.15) is 0 Å². The van der Waals surface area contributed by atoms with Crippen molar-refractivity contribution in [3.05, 3.63) is 48.0 Å².